The van der Waals surface area contributed by atoms with Gasteiger partial charge in [-0.3, -0.25) is 0 Å². The van der Waals surface area contributed by atoms with Gasteiger partial charge in [0.1, 0.15) is 5.82 Å². The van der Waals surface area contributed by atoms with Crippen molar-refractivity contribution in [1.29, 1.82) is 0 Å². The van der Waals surface area contributed by atoms with E-state index in [0.29, 0.717) is 6.54 Å². The third-order valence-electron chi connectivity index (χ3n) is 2.53. The molecule has 2 aromatic rings. The van der Waals surface area contributed by atoms with Crippen LogP contribution in [0.4, 0.5) is 5.82 Å². The summed E-state index contributed by atoms with van der Waals surface area (Å²) in [6, 6.07) is 4.14. The molecule has 2 aromatic heterocycles. The van der Waals surface area contributed by atoms with Gasteiger partial charge < -0.3 is 10.6 Å². The Morgan fingerprint density at radius 2 is 2.17 bits per heavy atom. The predicted octanol–water partition coefficient (Wildman–Crippen LogP) is 3.76. The molecule has 2 heterocycles. The SMILES string of the molecule is CN(Cc1csc(Br)c1)c1ncc(Br)cc1CN. The smallest absolute Gasteiger partial charge is 0.133 e. The molecule has 2 N–H and O–H groups in total. The van der Waals surface area contributed by atoms with Gasteiger partial charge in [0, 0.05) is 36.4 Å². The number of pyridine rings is 1. The Bertz CT molecular complexity index is 542. The van der Waals surface area contributed by atoms with Crippen LogP contribution in [0, 0.1) is 0 Å². The van der Waals surface area contributed by atoms with E-state index in [4.69, 9.17) is 5.73 Å². The maximum absolute atomic E-state index is 5.76. The summed E-state index contributed by atoms with van der Waals surface area (Å²) in [6.07, 6.45) is 1.80. The molecule has 0 radical (unpaired) electrons. The summed E-state index contributed by atoms with van der Waals surface area (Å²) in [6.45, 7) is 1.31. The second-order valence-electron chi connectivity index (χ2n) is 3.96. The van der Waals surface area contributed by atoms with E-state index in [-0.39, 0.29) is 0 Å². The molecule has 6 heteroatoms. The number of anilines is 1. The van der Waals surface area contributed by atoms with Crippen molar-refractivity contribution >= 4 is 49.0 Å². The second kappa shape index (κ2) is 6.14. The maximum Gasteiger partial charge on any atom is 0.133 e. The summed E-state index contributed by atoms with van der Waals surface area (Å²) in [4.78, 5) is 6.56. The van der Waals surface area contributed by atoms with Gasteiger partial charge in [-0.05, 0) is 54.9 Å². The molecular formula is C12H13Br2N3S. The second-order valence-corrected chi connectivity index (χ2v) is 7.16. The molecule has 0 aliphatic heterocycles. The molecular weight excluding hydrogens is 378 g/mol. The Labute approximate surface area is 127 Å². The molecule has 0 atom stereocenters. The van der Waals surface area contributed by atoms with Gasteiger partial charge in [0.05, 0.1) is 3.79 Å². The summed E-state index contributed by atoms with van der Waals surface area (Å²) in [5.41, 5.74) is 8.07. The van der Waals surface area contributed by atoms with E-state index in [1.54, 1.807) is 17.5 Å². The molecule has 0 bridgehead atoms. The average molecular weight is 391 g/mol. The van der Waals surface area contributed by atoms with Gasteiger partial charge in [-0.2, -0.15) is 0 Å². The largest absolute Gasteiger partial charge is 0.355 e. The highest BCUT2D eigenvalue weighted by atomic mass is 79.9. The number of hydrogen-bond donors (Lipinski definition) is 1. The van der Waals surface area contributed by atoms with Crippen LogP contribution in [0.1, 0.15) is 11.1 Å². The highest BCUT2D eigenvalue weighted by Gasteiger charge is 2.10. The van der Waals surface area contributed by atoms with Crippen molar-refractivity contribution in [1.82, 2.24) is 4.98 Å². The van der Waals surface area contributed by atoms with Crippen molar-refractivity contribution in [2.24, 2.45) is 5.73 Å². The summed E-state index contributed by atoms with van der Waals surface area (Å²) >= 11 is 8.58. The van der Waals surface area contributed by atoms with Gasteiger partial charge in [-0.1, -0.05) is 0 Å². The molecule has 0 spiro atoms. The molecule has 0 fully saturated rings. The number of thiophene rings is 1. The lowest BCUT2D eigenvalue weighted by Crippen LogP contribution is -2.20. The molecule has 0 saturated carbocycles. The van der Waals surface area contributed by atoms with Gasteiger partial charge in [-0.15, -0.1) is 11.3 Å². The Balaban J connectivity index is 2.20. The highest BCUT2D eigenvalue weighted by molar-refractivity contribution is 9.11. The Kier molecular flexibility index (Phi) is 4.77. The zero-order valence-corrected chi connectivity index (χ0v) is 13.8. The molecule has 0 aliphatic carbocycles. The zero-order chi connectivity index (χ0) is 13.1. The van der Waals surface area contributed by atoms with Crippen molar-refractivity contribution in [3.05, 3.63) is 43.1 Å². The van der Waals surface area contributed by atoms with Gasteiger partial charge in [0.2, 0.25) is 0 Å². The minimum Gasteiger partial charge on any atom is -0.355 e. The Morgan fingerprint density at radius 3 is 2.78 bits per heavy atom. The normalized spacial score (nSPS) is 10.7. The van der Waals surface area contributed by atoms with Crippen LogP contribution in [-0.4, -0.2) is 12.0 Å². The number of aromatic nitrogens is 1. The number of rotatable bonds is 4. The van der Waals surface area contributed by atoms with Gasteiger partial charge in [0.15, 0.2) is 0 Å². The minimum absolute atomic E-state index is 0.486. The number of halogens is 2. The van der Waals surface area contributed by atoms with Crippen LogP contribution in [-0.2, 0) is 13.1 Å². The van der Waals surface area contributed by atoms with Gasteiger partial charge in [0.25, 0.3) is 0 Å². The first-order valence-corrected chi connectivity index (χ1v) is 7.85. The van der Waals surface area contributed by atoms with Crippen molar-refractivity contribution in [2.45, 2.75) is 13.1 Å². The van der Waals surface area contributed by atoms with Crippen molar-refractivity contribution < 1.29 is 0 Å². The summed E-state index contributed by atoms with van der Waals surface area (Å²) < 4.78 is 2.10. The van der Waals surface area contributed by atoms with E-state index in [9.17, 15) is 0 Å². The Hall–Kier alpha value is -0.430. The monoisotopic (exact) mass is 389 g/mol. The fraction of sp³-hybridized carbons (Fsp3) is 0.250. The third kappa shape index (κ3) is 3.32. The van der Waals surface area contributed by atoms with Crippen LogP contribution in [0.5, 0.6) is 0 Å². The fourth-order valence-corrected chi connectivity index (χ4v) is 3.32. The lowest BCUT2D eigenvalue weighted by Gasteiger charge is -2.20. The number of hydrogen-bond acceptors (Lipinski definition) is 4. The van der Waals surface area contributed by atoms with E-state index in [1.807, 2.05) is 13.1 Å². The maximum atomic E-state index is 5.76. The van der Waals surface area contributed by atoms with Crippen LogP contribution in [0.3, 0.4) is 0 Å². The average Bonchev–Trinajstić information content (AvgIpc) is 2.74. The predicted molar refractivity (Wildman–Crippen MR) is 84.0 cm³/mol. The standard InChI is InChI=1S/C12H13Br2N3S/c1-17(6-8-2-11(14)18-7-8)12-9(4-15)3-10(13)5-16-12/h2-3,5,7H,4,6,15H2,1H3. The molecule has 3 nitrogen and oxygen atoms in total. The highest BCUT2D eigenvalue weighted by Crippen LogP contribution is 2.25. The number of nitrogens with two attached hydrogens (primary N) is 1. The zero-order valence-electron chi connectivity index (χ0n) is 9.86. The van der Waals surface area contributed by atoms with Crippen molar-refractivity contribution in [2.75, 3.05) is 11.9 Å². The molecule has 18 heavy (non-hydrogen) atoms. The molecule has 0 aromatic carbocycles. The van der Waals surface area contributed by atoms with Crippen molar-refractivity contribution in [3.63, 3.8) is 0 Å². The lowest BCUT2D eigenvalue weighted by atomic mass is 10.2. The van der Waals surface area contributed by atoms with E-state index in [0.717, 1.165) is 26.2 Å². The van der Waals surface area contributed by atoms with Crippen molar-refractivity contribution in [3.8, 4) is 0 Å². The molecule has 96 valence electrons. The quantitative estimate of drug-likeness (QED) is 0.863. The minimum atomic E-state index is 0.486. The molecule has 0 amide bonds. The van der Waals surface area contributed by atoms with E-state index < -0.39 is 0 Å². The van der Waals surface area contributed by atoms with E-state index in [1.165, 1.54) is 5.56 Å². The van der Waals surface area contributed by atoms with Crippen LogP contribution in [0.15, 0.2) is 32.0 Å². The summed E-state index contributed by atoms with van der Waals surface area (Å²) in [7, 11) is 2.03. The molecule has 0 unspecified atom stereocenters. The summed E-state index contributed by atoms with van der Waals surface area (Å²) in [5, 5.41) is 2.14. The Morgan fingerprint density at radius 1 is 1.39 bits per heavy atom. The molecule has 2 rings (SSSR count). The fourth-order valence-electron chi connectivity index (χ4n) is 1.75. The van der Waals surface area contributed by atoms with E-state index >= 15 is 0 Å². The molecule has 0 saturated heterocycles. The van der Waals surface area contributed by atoms with Crippen LogP contribution in [0.2, 0.25) is 0 Å². The van der Waals surface area contributed by atoms with Gasteiger partial charge in [-0.25, -0.2) is 4.98 Å². The first-order chi connectivity index (χ1) is 8.60. The lowest BCUT2D eigenvalue weighted by molar-refractivity contribution is 0.878. The van der Waals surface area contributed by atoms with Crippen LogP contribution < -0.4 is 10.6 Å². The first-order valence-electron chi connectivity index (χ1n) is 5.38. The summed E-state index contributed by atoms with van der Waals surface area (Å²) in [5.74, 6) is 0.933. The first kappa shape index (κ1) is 14.0. The molecule has 0 aliphatic rings. The van der Waals surface area contributed by atoms with Gasteiger partial charge >= 0.3 is 0 Å². The van der Waals surface area contributed by atoms with Crippen LogP contribution in [0.25, 0.3) is 0 Å². The third-order valence-corrected chi connectivity index (χ3v) is 4.52. The van der Waals surface area contributed by atoms with E-state index in [2.05, 4.69) is 53.2 Å². The number of nitrogens with zero attached hydrogens (tertiary/aromatic N) is 2. The topological polar surface area (TPSA) is 42.2 Å². The van der Waals surface area contributed by atoms with Crippen LogP contribution >= 0.6 is 43.2 Å².